The third-order valence-electron chi connectivity index (χ3n) is 5.21. The van der Waals surface area contributed by atoms with Crippen molar-refractivity contribution in [3.05, 3.63) is 46.5 Å². The van der Waals surface area contributed by atoms with E-state index in [1.165, 1.54) is 0 Å². The number of likely N-dealkylation sites (tertiary alicyclic amines) is 1. The summed E-state index contributed by atoms with van der Waals surface area (Å²) in [5, 5.41) is 12.0. The summed E-state index contributed by atoms with van der Waals surface area (Å²) < 4.78 is 16.5. The number of thiophene rings is 1. The number of aromatic nitrogens is 2. The summed E-state index contributed by atoms with van der Waals surface area (Å²) in [7, 11) is 3.31. The molecule has 29 heavy (non-hydrogen) atoms. The summed E-state index contributed by atoms with van der Waals surface area (Å²) in [5.74, 6) is 2.95. The number of amides is 1. The number of benzene rings is 1. The van der Waals surface area contributed by atoms with Gasteiger partial charge in [0, 0.05) is 48.4 Å². The Hall–Kier alpha value is -2.87. The summed E-state index contributed by atoms with van der Waals surface area (Å²) in [5.41, 5.74) is 1.99. The molecular formula is C21H23N3O4S. The molecular weight excluding hydrogens is 390 g/mol. The Labute approximate surface area is 173 Å². The van der Waals surface area contributed by atoms with Gasteiger partial charge in [0.2, 0.25) is 17.7 Å². The maximum Gasteiger partial charge on any atom is 0.248 e. The molecule has 152 valence electrons. The van der Waals surface area contributed by atoms with Crippen LogP contribution in [-0.4, -0.2) is 48.3 Å². The van der Waals surface area contributed by atoms with E-state index in [9.17, 15) is 4.79 Å². The van der Waals surface area contributed by atoms with E-state index in [4.69, 9.17) is 13.9 Å². The average Bonchev–Trinajstić information content (AvgIpc) is 3.52. The molecule has 0 radical (unpaired) electrons. The topological polar surface area (TPSA) is 77.7 Å². The molecule has 1 amide bonds. The molecule has 8 heteroatoms. The van der Waals surface area contributed by atoms with E-state index in [1.54, 1.807) is 25.6 Å². The molecule has 0 spiro atoms. The van der Waals surface area contributed by atoms with Gasteiger partial charge in [0.1, 0.15) is 11.5 Å². The predicted molar refractivity (Wildman–Crippen MR) is 109 cm³/mol. The highest BCUT2D eigenvalue weighted by molar-refractivity contribution is 7.08. The molecule has 1 unspecified atom stereocenters. The summed E-state index contributed by atoms with van der Waals surface area (Å²) >= 11 is 1.58. The Bertz CT molecular complexity index is 970. The lowest BCUT2D eigenvalue weighted by Crippen LogP contribution is -2.28. The van der Waals surface area contributed by atoms with Gasteiger partial charge in [-0.25, -0.2) is 0 Å². The standard InChI is InChI=1S/C21H23N3O4S/c1-26-16-3-4-18(27-2)17(11-16)14-7-9-24(12-14)20(25)6-5-19-22-23-21(28-19)15-8-10-29-13-15/h3-4,8,10-11,13-14H,5-7,9,12H2,1-2H3. The van der Waals surface area contributed by atoms with Crippen molar-refractivity contribution in [1.29, 1.82) is 0 Å². The molecule has 7 nitrogen and oxygen atoms in total. The molecule has 1 aliphatic heterocycles. The molecule has 1 aliphatic rings. The largest absolute Gasteiger partial charge is 0.497 e. The number of carbonyl (C=O) groups excluding carboxylic acids is 1. The molecule has 1 fully saturated rings. The third kappa shape index (κ3) is 4.27. The molecule has 1 aromatic carbocycles. The maximum absolute atomic E-state index is 12.7. The second kappa shape index (κ2) is 8.65. The first-order valence-corrected chi connectivity index (χ1v) is 10.5. The predicted octanol–water partition coefficient (Wildman–Crippen LogP) is 3.76. The monoisotopic (exact) mass is 413 g/mol. The van der Waals surface area contributed by atoms with Crippen LogP contribution in [-0.2, 0) is 11.2 Å². The third-order valence-corrected chi connectivity index (χ3v) is 5.89. The summed E-state index contributed by atoms with van der Waals surface area (Å²) in [6.07, 6.45) is 1.70. The van der Waals surface area contributed by atoms with Crippen LogP contribution < -0.4 is 9.47 Å². The molecule has 3 heterocycles. The maximum atomic E-state index is 12.7. The number of rotatable bonds is 7. The lowest BCUT2D eigenvalue weighted by atomic mass is 9.97. The van der Waals surface area contributed by atoms with Gasteiger partial charge in [0.15, 0.2) is 0 Å². The first-order valence-electron chi connectivity index (χ1n) is 9.52. The van der Waals surface area contributed by atoms with Crippen LogP contribution in [0, 0.1) is 0 Å². The van der Waals surface area contributed by atoms with Crippen LogP contribution in [0.25, 0.3) is 11.5 Å². The minimum atomic E-state index is 0.102. The lowest BCUT2D eigenvalue weighted by Gasteiger charge is -2.18. The number of hydrogen-bond acceptors (Lipinski definition) is 7. The first kappa shape index (κ1) is 19.4. The molecule has 1 saturated heterocycles. The van der Waals surface area contributed by atoms with Crippen LogP contribution in [0.1, 0.15) is 30.2 Å². The minimum Gasteiger partial charge on any atom is -0.497 e. The molecule has 2 aromatic heterocycles. The first-order chi connectivity index (χ1) is 14.2. The highest BCUT2D eigenvalue weighted by Gasteiger charge is 2.29. The summed E-state index contributed by atoms with van der Waals surface area (Å²) in [4.78, 5) is 14.6. The smallest absolute Gasteiger partial charge is 0.248 e. The van der Waals surface area contributed by atoms with Crippen molar-refractivity contribution in [3.63, 3.8) is 0 Å². The molecule has 0 aliphatic carbocycles. The van der Waals surface area contributed by atoms with Crippen molar-refractivity contribution < 1.29 is 18.7 Å². The van der Waals surface area contributed by atoms with Crippen LogP contribution in [0.3, 0.4) is 0 Å². The molecule has 4 rings (SSSR count). The Morgan fingerprint density at radius 1 is 1.28 bits per heavy atom. The SMILES string of the molecule is COc1ccc(OC)c(C2CCN(C(=O)CCc3nnc(-c4ccsc4)o3)C2)c1. The highest BCUT2D eigenvalue weighted by atomic mass is 32.1. The molecule has 0 bridgehead atoms. The van der Waals surface area contributed by atoms with Crippen LogP contribution >= 0.6 is 11.3 Å². The zero-order valence-corrected chi connectivity index (χ0v) is 17.3. The van der Waals surface area contributed by atoms with Crippen molar-refractivity contribution >= 4 is 17.2 Å². The summed E-state index contributed by atoms with van der Waals surface area (Å²) in [6, 6.07) is 7.74. The van der Waals surface area contributed by atoms with E-state index < -0.39 is 0 Å². The Balaban J connectivity index is 1.35. The molecule has 3 aromatic rings. The van der Waals surface area contributed by atoms with Gasteiger partial charge in [-0.3, -0.25) is 4.79 Å². The van der Waals surface area contributed by atoms with E-state index in [-0.39, 0.29) is 11.8 Å². The van der Waals surface area contributed by atoms with Crippen LogP contribution in [0.15, 0.2) is 39.4 Å². The molecule has 0 N–H and O–H groups in total. The van der Waals surface area contributed by atoms with Crippen LogP contribution in [0.4, 0.5) is 0 Å². The van der Waals surface area contributed by atoms with E-state index >= 15 is 0 Å². The Kier molecular flexibility index (Phi) is 5.80. The number of nitrogens with zero attached hydrogens (tertiary/aromatic N) is 3. The van der Waals surface area contributed by atoms with E-state index in [0.29, 0.717) is 31.2 Å². The van der Waals surface area contributed by atoms with Gasteiger partial charge in [-0.15, -0.1) is 10.2 Å². The zero-order chi connectivity index (χ0) is 20.2. The van der Waals surface area contributed by atoms with Gasteiger partial charge in [-0.2, -0.15) is 11.3 Å². The summed E-state index contributed by atoms with van der Waals surface area (Å²) in [6.45, 7) is 1.40. The van der Waals surface area contributed by atoms with Gasteiger partial charge in [0.25, 0.3) is 0 Å². The number of ether oxygens (including phenoxy) is 2. The van der Waals surface area contributed by atoms with Crippen molar-refractivity contribution in [1.82, 2.24) is 15.1 Å². The number of methoxy groups -OCH3 is 2. The Morgan fingerprint density at radius 3 is 2.93 bits per heavy atom. The number of carbonyl (C=O) groups is 1. The van der Waals surface area contributed by atoms with Crippen molar-refractivity contribution in [2.45, 2.75) is 25.2 Å². The normalized spacial score (nSPS) is 16.2. The Morgan fingerprint density at radius 2 is 2.17 bits per heavy atom. The van der Waals surface area contributed by atoms with Gasteiger partial charge in [-0.05, 0) is 36.1 Å². The van der Waals surface area contributed by atoms with Crippen molar-refractivity contribution in [3.8, 4) is 23.0 Å². The second-order valence-electron chi connectivity index (χ2n) is 6.95. The van der Waals surface area contributed by atoms with Crippen molar-refractivity contribution in [2.24, 2.45) is 0 Å². The highest BCUT2D eigenvalue weighted by Crippen LogP contribution is 2.36. The van der Waals surface area contributed by atoms with Gasteiger partial charge < -0.3 is 18.8 Å². The van der Waals surface area contributed by atoms with Gasteiger partial charge in [0.05, 0.1) is 14.2 Å². The van der Waals surface area contributed by atoms with E-state index in [2.05, 4.69) is 10.2 Å². The number of aryl methyl sites for hydroxylation is 1. The van der Waals surface area contributed by atoms with E-state index in [1.807, 2.05) is 39.9 Å². The molecule has 0 saturated carbocycles. The van der Waals surface area contributed by atoms with Crippen LogP contribution in [0.2, 0.25) is 0 Å². The van der Waals surface area contributed by atoms with Crippen molar-refractivity contribution in [2.75, 3.05) is 27.3 Å². The van der Waals surface area contributed by atoms with E-state index in [0.717, 1.165) is 35.6 Å². The second-order valence-corrected chi connectivity index (χ2v) is 7.73. The molecule has 1 atom stereocenters. The van der Waals surface area contributed by atoms with Gasteiger partial charge in [-0.1, -0.05) is 0 Å². The fourth-order valence-corrected chi connectivity index (χ4v) is 4.26. The zero-order valence-electron chi connectivity index (χ0n) is 16.5. The average molecular weight is 413 g/mol. The van der Waals surface area contributed by atoms with Gasteiger partial charge >= 0.3 is 0 Å². The quantitative estimate of drug-likeness (QED) is 0.587. The lowest BCUT2D eigenvalue weighted by molar-refractivity contribution is -0.130. The number of hydrogen-bond donors (Lipinski definition) is 0. The minimum absolute atomic E-state index is 0.102. The fourth-order valence-electron chi connectivity index (χ4n) is 3.63. The fraction of sp³-hybridized carbons (Fsp3) is 0.381. The van der Waals surface area contributed by atoms with Crippen LogP contribution in [0.5, 0.6) is 11.5 Å².